The van der Waals surface area contributed by atoms with Crippen LogP contribution in [0.1, 0.15) is 17.2 Å². The number of hydrogen-bond acceptors (Lipinski definition) is 3. The largest absolute Gasteiger partial charge is 0.378 e. The second kappa shape index (κ2) is 4.23. The Kier molecular flexibility index (Phi) is 2.78. The van der Waals surface area contributed by atoms with Crippen LogP contribution >= 0.6 is 0 Å². The van der Waals surface area contributed by atoms with Gasteiger partial charge in [0.2, 0.25) is 0 Å². The van der Waals surface area contributed by atoms with Crippen molar-refractivity contribution in [2.75, 3.05) is 19.8 Å². The van der Waals surface area contributed by atoms with Gasteiger partial charge < -0.3 is 10.1 Å². The van der Waals surface area contributed by atoms with Gasteiger partial charge in [0.1, 0.15) is 0 Å². The molecule has 0 aromatic heterocycles. The molecule has 2 rings (SSSR count). The lowest BCUT2D eigenvalue weighted by atomic mass is 10.0. The molecule has 0 aliphatic carbocycles. The van der Waals surface area contributed by atoms with Crippen molar-refractivity contribution < 1.29 is 4.74 Å². The molecule has 1 fully saturated rings. The summed E-state index contributed by atoms with van der Waals surface area (Å²) in [6.45, 7) is 2.34. The van der Waals surface area contributed by atoms with Crippen molar-refractivity contribution >= 4 is 0 Å². The summed E-state index contributed by atoms with van der Waals surface area (Å²) in [6, 6.07) is 10.0. The topological polar surface area (TPSA) is 45.0 Å². The summed E-state index contributed by atoms with van der Waals surface area (Å²) < 4.78 is 5.36. The Labute approximate surface area is 83.3 Å². The van der Waals surface area contributed by atoms with Crippen molar-refractivity contribution in [2.24, 2.45) is 0 Å². The molecule has 72 valence electrons. The number of hydrogen-bond donors (Lipinski definition) is 1. The van der Waals surface area contributed by atoms with Crippen molar-refractivity contribution in [3.63, 3.8) is 0 Å². The SMILES string of the molecule is N#Cc1cccc([C@H]2COCCN2)c1. The molecular formula is C11H12N2O. The van der Waals surface area contributed by atoms with Gasteiger partial charge in [0.05, 0.1) is 30.9 Å². The maximum absolute atomic E-state index is 8.76. The van der Waals surface area contributed by atoms with Crippen LogP contribution in [0.3, 0.4) is 0 Å². The molecule has 1 aromatic rings. The fourth-order valence-corrected chi connectivity index (χ4v) is 1.60. The molecule has 0 spiro atoms. The molecule has 1 heterocycles. The van der Waals surface area contributed by atoms with Gasteiger partial charge in [-0.25, -0.2) is 0 Å². The van der Waals surface area contributed by atoms with Gasteiger partial charge in [0.25, 0.3) is 0 Å². The second-order valence-corrected chi connectivity index (χ2v) is 3.32. The van der Waals surface area contributed by atoms with E-state index < -0.39 is 0 Å². The van der Waals surface area contributed by atoms with Gasteiger partial charge in [0.15, 0.2) is 0 Å². The highest BCUT2D eigenvalue weighted by atomic mass is 16.5. The number of benzene rings is 1. The molecule has 1 atom stereocenters. The maximum Gasteiger partial charge on any atom is 0.0991 e. The third-order valence-electron chi connectivity index (χ3n) is 2.34. The van der Waals surface area contributed by atoms with Crippen molar-refractivity contribution in [1.82, 2.24) is 5.32 Å². The van der Waals surface area contributed by atoms with Crippen molar-refractivity contribution in [1.29, 1.82) is 5.26 Å². The first-order valence-corrected chi connectivity index (χ1v) is 4.71. The van der Waals surface area contributed by atoms with Crippen molar-refractivity contribution in [3.05, 3.63) is 35.4 Å². The predicted octanol–water partition coefficient (Wildman–Crippen LogP) is 1.22. The van der Waals surface area contributed by atoms with E-state index in [2.05, 4.69) is 11.4 Å². The van der Waals surface area contributed by atoms with E-state index >= 15 is 0 Å². The van der Waals surface area contributed by atoms with E-state index in [1.807, 2.05) is 24.3 Å². The van der Waals surface area contributed by atoms with Gasteiger partial charge in [0, 0.05) is 6.54 Å². The summed E-state index contributed by atoms with van der Waals surface area (Å²) in [5, 5.41) is 12.1. The van der Waals surface area contributed by atoms with Crippen LogP contribution in [0.5, 0.6) is 0 Å². The minimum absolute atomic E-state index is 0.233. The first kappa shape index (κ1) is 9.20. The number of nitrogens with one attached hydrogen (secondary N) is 1. The van der Waals surface area contributed by atoms with Crippen LogP contribution in [-0.2, 0) is 4.74 Å². The van der Waals surface area contributed by atoms with Gasteiger partial charge in [-0.3, -0.25) is 0 Å². The molecule has 1 aromatic carbocycles. The molecule has 0 amide bonds. The molecule has 1 aliphatic rings. The zero-order valence-corrected chi connectivity index (χ0v) is 7.86. The standard InChI is InChI=1S/C11H12N2O/c12-7-9-2-1-3-10(6-9)11-8-14-5-4-13-11/h1-3,6,11,13H,4-5,8H2/t11-/m1/s1. The zero-order valence-electron chi connectivity index (χ0n) is 7.86. The van der Waals surface area contributed by atoms with Crippen LogP contribution in [0.15, 0.2) is 24.3 Å². The fourth-order valence-electron chi connectivity index (χ4n) is 1.60. The average Bonchev–Trinajstić information content (AvgIpc) is 2.30. The first-order chi connectivity index (χ1) is 6.90. The zero-order chi connectivity index (χ0) is 9.80. The molecule has 0 saturated carbocycles. The monoisotopic (exact) mass is 188 g/mol. The van der Waals surface area contributed by atoms with Gasteiger partial charge in [-0.15, -0.1) is 0 Å². The van der Waals surface area contributed by atoms with Crippen LogP contribution < -0.4 is 5.32 Å². The second-order valence-electron chi connectivity index (χ2n) is 3.32. The Hall–Kier alpha value is -1.37. The van der Waals surface area contributed by atoms with Gasteiger partial charge in [-0.1, -0.05) is 12.1 Å². The number of ether oxygens (including phenoxy) is 1. The Bertz CT molecular complexity index is 351. The quantitative estimate of drug-likeness (QED) is 0.720. The van der Waals surface area contributed by atoms with Crippen LogP contribution in [0.2, 0.25) is 0 Å². The van der Waals surface area contributed by atoms with Gasteiger partial charge in [-0.05, 0) is 17.7 Å². The van der Waals surface area contributed by atoms with E-state index in [1.165, 1.54) is 0 Å². The summed E-state index contributed by atoms with van der Waals surface area (Å²) in [6.07, 6.45) is 0. The lowest BCUT2D eigenvalue weighted by Gasteiger charge is -2.24. The highest BCUT2D eigenvalue weighted by molar-refractivity contribution is 5.34. The summed E-state index contributed by atoms with van der Waals surface area (Å²) >= 11 is 0. The third-order valence-corrected chi connectivity index (χ3v) is 2.34. The first-order valence-electron chi connectivity index (χ1n) is 4.71. The predicted molar refractivity (Wildman–Crippen MR) is 52.7 cm³/mol. The minimum atomic E-state index is 0.233. The van der Waals surface area contributed by atoms with E-state index in [0.717, 1.165) is 18.7 Å². The fraction of sp³-hybridized carbons (Fsp3) is 0.364. The Balaban J connectivity index is 2.18. The average molecular weight is 188 g/mol. The summed E-state index contributed by atoms with van der Waals surface area (Å²) in [5.41, 5.74) is 1.83. The lowest BCUT2D eigenvalue weighted by molar-refractivity contribution is 0.0769. The van der Waals surface area contributed by atoms with E-state index in [0.29, 0.717) is 12.2 Å². The molecule has 0 unspecified atom stereocenters. The highest BCUT2D eigenvalue weighted by Crippen LogP contribution is 2.16. The normalized spacial score (nSPS) is 21.5. The molecule has 3 nitrogen and oxygen atoms in total. The number of nitrogens with zero attached hydrogens (tertiary/aromatic N) is 1. The van der Waals surface area contributed by atoms with Crippen LogP contribution in [0.25, 0.3) is 0 Å². The van der Waals surface area contributed by atoms with Crippen LogP contribution in [0, 0.1) is 11.3 Å². The highest BCUT2D eigenvalue weighted by Gasteiger charge is 2.14. The molecule has 1 aliphatic heterocycles. The van der Waals surface area contributed by atoms with Crippen LogP contribution in [-0.4, -0.2) is 19.8 Å². The Morgan fingerprint density at radius 1 is 1.50 bits per heavy atom. The maximum atomic E-state index is 8.76. The summed E-state index contributed by atoms with van der Waals surface area (Å²) in [7, 11) is 0. The molecule has 1 saturated heterocycles. The molecule has 0 radical (unpaired) electrons. The van der Waals surface area contributed by atoms with Crippen LogP contribution in [0.4, 0.5) is 0 Å². The summed E-state index contributed by atoms with van der Waals surface area (Å²) in [4.78, 5) is 0. The van der Waals surface area contributed by atoms with E-state index in [4.69, 9.17) is 10.00 Å². The molecule has 14 heavy (non-hydrogen) atoms. The Morgan fingerprint density at radius 2 is 2.43 bits per heavy atom. The molecule has 3 heteroatoms. The smallest absolute Gasteiger partial charge is 0.0991 e. The van der Waals surface area contributed by atoms with E-state index in [1.54, 1.807) is 0 Å². The number of morpholine rings is 1. The molecule has 0 bridgehead atoms. The number of rotatable bonds is 1. The van der Waals surface area contributed by atoms with Crippen molar-refractivity contribution in [3.8, 4) is 6.07 Å². The van der Waals surface area contributed by atoms with E-state index in [9.17, 15) is 0 Å². The summed E-state index contributed by atoms with van der Waals surface area (Å²) in [5.74, 6) is 0. The Morgan fingerprint density at radius 3 is 3.14 bits per heavy atom. The van der Waals surface area contributed by atoms with Gasteiger partial charge in [-0.2, -0.15) is 5.26 Å². The van der Waals surface area contributed by atoms with Crippen molar-refractivity contribution in [2.45, 2.75) is 6.04 Å². The minimum Gasteiger partial charge on any atom is -0.378 e. The third kappa shape index (κ3) is 1.92. The van der Waals surface area contributed by atoms with E-state index in [-0.39, 0.29) is 6.04 Å². The molecule has 1 N–H and O–H groups in total. The van der Waals surface area contributed by atoms with Gasteiger partial charge >= 0.3 is 0 Å². The number of nitriles is 1. The lowest BCUT2D eigenvalue weighted by Crippen LogP contribution is -2.34. The molecular weight excluding hydrogens is 176 g/mol.